The van der Waals surface area contributed by atoms with Gasteiger partial charge in [0.2, 0.25) is 0 Å². The number of H-pyrrole nitrogens is 4. The molecule has 7 aliphatic heterocycles. The summed E-state index contributed by atoms with van der Waals surface area (Å²) in [6.45, 7) is 29.9. The third kappa shape index (κ3) is 28.9. The Morgan fingerprint density at radius 2 is 1.04 bits per heavy atom. The number of nitrogens with zero attached hydrogens (tertiary/aromatic N) is 13. The molecule has 0 saturated carbocycles. The van der Waals surface area contributed by atoms with Gasteiger partial charge in [0, 0.05) is 59.9 Å². The summed E-state index contributed by atoms with van der Waals surface area (Å²) >= 11 is 43.1. The average molecular weight is 2190 g/mol. The van der Waals surface area contributed by atoms with Gasteiger partial charge in [0.15, 0.2) is 48.8 Å². The summed E-state index contributed by atoms with van der Waals surface area (Å²) in [6, 6.07) is 13.3. The van der Waals surface area contributed by atoms with E-state index in [0.29, 0.717) is 45.4 Å². The molecule has 7 aliphatic rings. The number of epoxide rings is 1. The summed E-state index contributed by atoms with van der Waals surface area (Å²) < 4.78 is 84.1. The molecule has 1 radical (unpaired) electrons. The number of nitriles is 1. The summed E-state index contributed by atoms with van der Waals surface area (Å²) in [5, 5.41) is 80.3. The van der Waals surface area contributed by atoms with Gasteiger partial charge in [0.05, 0.1) is 70.6 Å². The van der Waals surface area contributed by atoms with Gasteiger partial charge in [-0.05, 0) is 102 Å². The fraction of sp³-hybridized carbons (Fsp3) is 0.575. The summed E-state index contributed by atoms with van der Waals surface area (Å²) in [4.78, 5) is 57.7. The van der Waals surface area contributed by atoms with Crippen molar-refractivity contribution in [3.05, 3.63) is 146 Å². The number of rotatable bonds is 11. The van der Waals surface area contributed by atoms with Crippen LogP contribution in [0.4, 0.5) is 8.78 Å². The molecule has 0 amide bonds. The van der Waals surface area contributed by atoms with E-state index in [2.05, 4.69) is 146 Å². The fourth-order valence-electron chi connectivity index (χ4n) is 15.1. The molecule has 0 spiro atoms. The third-order valence-corrected chi connectivity index (χ3v) is 31.3. The van der Waals surface area contributed by atoms with E-state index in [1.165, 1.54) is 59.1 Å². The molecule has 21 atom stereocenters. The molecule has 46 heteroatoms. The molecule has 7 saturated heterocycles. The average Bonchev–Trinajstić information content (AvgIpc) is 1.56. The molecule has 33 nitrogen and oxygen atoms in total. The molecular weight excluding hydrogens is 2070 g/mol. The van der Waals surface area contributed by atoms with Crippen LogP contribution in [0, 0.1) is 46.6 Å². The number of halogens is 10. The van der Waals surface area contributed by atoms with Gasteiger partial charge < -0.3 is 97.9 Å². The summed E-state index contributed by atoms with van der Waals surface area (Å²) in [6.07, 6.45) is 13.2. The second-order valence-electron chi connectivity index (χ2n) is 33.5. The Bertz CT molecular complexity index is 5380. The maximum absolute atomic E-state index is 14.1. The standard InChI is InChI=1S/C17H24O6.C14H17ClFN3O2.2C8H16O3.C8H14O2.C6H3BrClN3.C6H3ClFN3.C6H4ClN3.C6H3ClN3.C2H3N.CH2Cl2.2CH4.3CH3.BHNS.Sn/c1-16(2)22-14-15(23-16)21-13(12(19)9-18)17(14,3)20-10-11-7-5-4-6-8-11;1-4-9-7(2)14(3,20)13(21-9)19-5-8(16)10-11(15)17-6-18-12(10)19;2*1-4-6-5(2)8(3,10)7(9)11-6;1-4-6-5(2)8(3)7(9-6)10-8;7-3-1-9-6-4(3)5(8)10-2-11-6;7-5-4-3(8)1-9-6(4)11-2-10-5;2*7-5-4-1-2-8-6(4)10-3-9-5;1-2-3;2-1-3;;;;;;1-2-3;/h4-8,12-15,18-19H,9-10H2,1-3H3;5-7,9,13,20H,4H2,1-3H3;2*5-7,9-10H,4H2,1-3H3;5-7H,4H2,1-3H3;2*1-2H,(H,9,10,11);1-3H,(H,8,9,10);2-3H,(H,8,9,10);1H3;1H2;2*1H4;3*1H3;3H;/t12-,13?,14+,15-,17-;7-,9-,13-,14-;2*5-,6-,7?,8-;5-,6-,7-,8-;;;;;;;;;;;;;/m11111............./s1. The van der Waals surface area contributed by atoms with Crippen LogP contribution >= 0.6 is 110 Å². The number of aromatic nitrogens is 15. The van der Waals surface area contributed by atoms with Crippen molar-refractivity contribution in [3.8, 4) is 6.07 Å². The number of aromatic amines is 4. The molecule has 1 aromatic carbocycles. The van der Waals surface area contributed by atoms with Crippen molar-refractivity contribution in [2.75, 3.05) is 11.9 Å². The quantitative estimate of drug-likeness (QED) is 0.0188. The van der Waals surface area contributed by atoms with E-state index in [1.807, 2.05) is 105 Å². The number of fused-ring (bicyclic) bond motifs is 7. The van der Waals surface area contributed by atoms with Gasteiger partial charge in [-0.3, -0.25) is 0 Å². The van der Waals surface area contributed by atoms with Crippen molar-refractivity contribution in [1.29, 1.82) is 5.26 Å². The monoisotopic (exact) mass is 2190 g/mol. The molecule has 7 fully saturated rings. The van der Waals surface area contributed by atoms with Crippen LogP contribution in [0.25, 0.3) is 55.2 Å². The zero-order chi connectivity index (χ0) is 97.8. The van der Waals surface area contributed by atoms with Gasteiger partial charge in [0.1, 0.15) is 115 Å². The third-order valence-electron chi connectivity index (χ3n) is 23.4. The molecule has 17 heterocycles. The van der Waals surface area contributed by atoms with Crippen LogP contribution in [0.3, 0.4) is 0 Å². The predicted octanol–water partition coefficient (Wildman–Crippen LogP) is 18.0. The topological polar surface area (TPSA) is 461 Å². The first kappa shape index (κ1) is 118. The first-order valence-corrected chi connectivity index (χ1v) is 55.9. The number of thiol groups is 1. The number of benzene rings is 1. The SMILES string of the molecule is C.C.CC#N.CC1(C)O[C@H]2OC([C@H](O)CO)[C@@](C)(OCc3ccccc3)[C@H]2O1.CC[C@H]1OC(O)[C@](C)(O)[C@@H]1C.CC[C@H]1OC(O)[C@](C)(O)[C@@H]1C.CC[C@H]1O[C@@H](n2cc(F)c3c(Cl)ncnc32)[C@](C)(O)[C@@H]1C.CC[C@H]1O[C@@H]2O[C@]2(C)[C@@H]1C.ClCCl.Clc1ncnc2[nH]cc(Br)c12.Clc1ncnc2[nH]ccc12.Fc1c[nH]c2ncnc(Cl)c12.[B]=NS.[CH3][Sn]([CH3])([CH3])[c]1c[nH]c2ncnc(Cl)c12. The molecule has 11 N–H and O–H groups in total. The van der Waals surface area contributed by atoms with Gasteiger partial charge in [-0.15, -0.1) is 23.2 Å². The van der Waals surface area contributed by atoms with Crippen LogP contribution in [0.2, 0.25) is 40.6 Å². The molecule has 735 valence electrons. The molecular formula is C87H123BBrCl7F2N17O16SSn. The van der Waals surface area contributed by atoms with Crippen LogP contribution in [-0.4, -0.2) is 250 Å². The van der Waals surface area contributed by atoms with Crippen molar-refractivity contribution in [1.82, 2.24) is 74.3 Å². The zero-order valence-electron chi connectivity index (χ0n) is 75.8. The Kier molecular flexibility index (Phi) is 46.3. The first-order valence-electron chi connectivity index (χ1n) is 41.7. The minimum atomic E-state index is -2.10. The van der Waals surface area contributed by atoms with Crippen molar-refractivity contribution in [2.24, 2.45) is 28.0 Å². The van der Waals surface area contributed by atoms with Gasteiger partial charge in [-0.1, -0.05) is 147 Å². The summed E-state index contributed by atoms with van der Waals surface area (Å²) in [5.74, 6) is -1.23. The van der Waals surface area contributed by atoms with Crippen LogP contribution in [0.1, 0.15) is 163 Å². The van der Waals surface area contributed by atoms with E-state index in [0.717, 1.165) is 68.8 Å². The minimum absolute atomic E-state index is 0. The number of ether oxygens (including phenoxy) is 9. The number of nitrogens with one attached hydrogen (secondary N) is 4. The van der Waals surface area contributed by atoms with Crippen molar-refractivity contribution in [3.63, 3.8) is 0 Å². The Balaban J connectivity index is 0.000000265. The second kappa shape index (κ2) is 52.2. The fourth-order valence-corrected chi connectivity index (χ4v) is 21.3. The van der Waals surface area contributed by atoms with Crippen LogP contribution in [0.5, 0.6) is 0 Å². The van der Waals surface area contributed by atoms with Crippen LogP contribution in [0.15, 0.2) is 108 Å². The van der Waals surface area contributed by atoms with Gasteiger partial charge >= 0.3 is 117 Å². The van der Waals surface area contributed by atoms with E-state index in [4.69, 9.17) is 129 Å². The van der Waals surface area contributed by atoms with E-state index >= 15 is 0 Å². The van der Waals surface area contributed by atoms with E-state index in [-0.39, 0.29) is 89.2 Å². The molecule has 10 aromatic heterocycles. The number of hydrogen-bond donors (Lipinski definition) is 12. The van der Waals surface area contributed by atoms with Gasteiger partial charge in [-0.2, -0.15) is 5.26 Å². The Hall–Kier alpha value is -5.45. The number of aliphatic hydroxyl groups is 7. The molecule has 18 rings (SSSR count). The molecule has 0 aliphatic carbocycles. The maximum atomic E-state index is 14.1. The van der Waals surface area contributed by atoms with Gasteiger partial charge in [-0.25, -0.2) is 48.7 Å². The van der Waals surface area contributed by atoms with E-state index in [9.17, 15) is 44.5 Å². The molecule has 133 heavy (non-hydrogen) atoms. The number of alkyl halides is 2. The Morgan fingerprint density at radius 1 is 0.602 bits per heavy atom. The molecule has 0 bridgehead atoms. The zero-order valence-corrected chi connectivity index (χ0v) is 86.5. The normalized spacial score (nSPS) is 28.6. The Morgan fingerprint density at radius 3 is 1.47 bits per heavy atom. The van der Waals surface area contributed by atoms with Crippen LogP contribution < -0.4 is 3.58 Å². The number of hydrogen-bond acceptors (Lipinski definition) is 29. The summed E-state index contributed by atoms with van der Waals surface area (Å²) in [7, 11) is 4.34. The second-order valence-corrected chi connectivity index (χ2v) is 51.6. The Labute approximate surface area is 827 Å². The first-order chi connectivity index (χ1) is 61.6. The van der Waals surface area contributed by atoms with Gasteiger partial charge in [0.25, 0.3) is 0 Å². The predicted molar refractivity (Wildman–Crippen MR) is 522 cm³/mol. The molecule has 11 aromatic rings. The van der Waals surface area contributed by atoms with Crippen molar-refractivity contribution >= 4 is 195 Å². The molecule has 3 unspecified atom stereocenters. The van der Waals surface area contributed by atoms with Crippen molar-refractivity contribution < 1.29 is 87.2 Å². The van der Waals surface area contributed by atoms with E-state index < -0.39 is 108 Å². The van der Waals surface area contributed by atoms with Crippen molar-refractivity contribution in [2.45, 2.75) is 281 Å². The van der Waals surface area contributed by atoms with E-state index in [1.54, 1.807) is 39.2 Å². The van der Waals surface area contributed by atoms with Crippen LogP contribution in [-0.2, 0) is 49.2 Å². The summed E-state index contributed by atoms with van der Waals surface area (Å²) in [5.41, 5.74) is -0.0325. The number of aliphatic hydroxyl groups excluding tert-OH is 4.